The van der Waals surface area contributed by atoms with E-state index in [1.54, 1.807) is 0 Å². The van der Waals surface area contributed by atoms with Crippen molar-refractivity contribution in [3.8, 4) is 0 Å². The molecule has 0 aliphatic heterocycles. The summed E-state index contributed by atoms with van der Waals surface area (Å²) in [5, 5.41) is 3.52. The topological polar surface area (TPSA) is 12.0 Å². The van der Waals surface area contributed by atoms with Gasteiger partial charge in [-0.1, -0.05) is 64.7 Å². The summed E-state index contributed by atoms with van der Waals surface area (Å²) in [5.74, 6) is 0.770. The number of nitrogens with one attached hydrogen (secondary N) is 1. The first-order valence-electron chi connectivity index (χ1n) is 8.10. The lowest BCUT2D eigenvalue weighted by atomic mass is 10.1. The standard InChI is InChI=1S/C16H34ClN/c1-3-4-5-6-7-8-9-10-11-12-15-18-16(2)13-14-17/h16,18H,3-15H2,1-2H3. The molecule has 1 unspecified atom stereocenters. The molecule has 0 saturated heterocycles. The van der Waals surface area contributed by atoms with Gasteiger partial charge < -0.3 is 5.32 Å². The maximum Gasteiger partial charge on any atom is 0.0238 e. The molecule has 0 aromatic carbocycles. The Bertz CT molecular complexity index is 150. The fourth-order valence-corrected chi connectivity index (χ4v) is 2.55. The fourth-order valence-electron chi connectivity index (χ4n) is 2.23. The molecule has 0 spiro atoms. The van der Waals surface area contributed by atoms with Gasteiger partial charge in [-0.15, -0.1) is 11.6 Å². The van der Waals surface area contributed by atoms with Crippen LogP contribution < -0.4 is 5.32 Å². The summed E-state index contributed by atoms with van der Waals surface area (Å²) in [6.45, 7) is 5.66. The van der Waals surface area contributed by atoms with Gasteiger partial charge in [-0.3, -0.25) is 0 Å². The van der Waals surface area contributed by atoms with Gasteiger partial charge in [0.25, 0.3) is 0 Å². The molecule has 110 valence electrons. The van der Waals surface area contributed by atoms with Crippen molar-refractivity contribution in [3.63, 3.8) is 0 Å². The first-order chi connectivity index (χ1) is 8.81. The second-order valence-corrected chi connectivity index (χ2v) is 5.89. The molecule has 1 nitrogen and oxygen atoms in total. The number of alkyl halides is 1. The Hall–Kier alpha value is 0.250. The van der Waals surface area contributed by atoms with E-state index < -0.39 is 0 Å². The third-order valence-electron chi connectivity index (χ3n) is 3.57. The minimum Gasteiger partial charge on any atom is -0.314 e. The van der Waals surface area contributed by atoms with E-state index in [2.05, 4.69) is 19.2 Å². The summed E-state index contributed by atoms with van der Waals surface area (Å²) in [5.41, 5.74) is 0. The molecule has 0 aliphatic rings. The van der Waals surface area contributed by atoms with Crippen LogP contribution in [0.1, 0.15) is 84.5 Å². The van der Waals surface area contributed by atoms with Crippen molar-refractivity contribution in [2.45, 2.75) is 90.5 Å². The van der Waals surface area contributed by atoms with Crippen LogP contribution in [0.5, 0.6) is 0 Å². The Morgan fingerprint density at radius 2 is 1.33 bits per heavy atom. The predicted octanol–water partition coefficient (Wildman–Crippen LogP) is 5.51. The van der Waals surface area contributed by atoms with E-state index in [9.17, 15) is 0 Å². The third kappa shape index (κ3) is 14.3. The van der Waals surface area contributed by atoms with Crippen LogP contribution in [-0.2, 0) is 0 Å². The number of hydrogen-bond donors (Lipinski definition) is 1. The summed E-state index contributed by atoms with van der Waals surface area (Å²) in [6, 6.07) is 0.584. The molecule has 1 N–H and O–H groups in total. The van der Waals surface area contributed by atoms with Crippen molar-refractivity contribution < 1.29 is 0 Å². The number of unbranched alkanes of at least 4 members (excludes halogenated alkanes) is 9. The molecule has 0 aliphatic carbocycles. The van der Waals surface area contributed by atoms with Gasteiger partial charge in [-0.2, -0.15) is 0 Å². The second-order valence-electron chi connectivity index (χ2n) is 5.51. The Labute approximate surface area is 120 Å². The van der Waals surface area contributed by atoms with Crippen LogP contribution in [0.25, 0.3) is 0 Å². The average molecular weight is 276 g/mol. The zero-order valence-electron chi connectivity index (χ0n) is 12.6. The molecule has 0 bridgehead atoms. The average Bonchev–Trinajstić information content (AvgIpc) is 2.36. The van der Waals surface area contributed by atoms with Crippen molar-refractivity contribution in [2.75, 3.05) is 12.4 Å². The highest BCUT2D eigenvalue weighted by Gasteiger charge is 1.98. The lowest BCUT2D eigenvalue weighted by Crippen LogP contribution is -2.27. The van der Waals surface area contributed by atoms with Crippen molar-refractivity contribution in [3.05, 3.63) is 0 Å². The monoisotopic (exact) mass is 275 g/mol. The zero-order valence-corrected chi connectivity index (χ0v) is 13.4. The van der Waals surface area contributed by atoms with Gasteiger partial charge in [-0.05, 0) is 26.3 Å². The van der Waals surface area contributed by atoms with Crippen LogP contribution in [0, 0.1) is 0 Å². The third-order valence-corrected chi connectivity index (χ3v) is 3.78. The van der Waals surface area contributed by atoms with Crippen LogP contribution >= 0.6 is 11.6 Å². The molecule has 0 amide bonds. The molecule has 2 heteroatoms. The van der Waals surface area contributed by atoms with Crippen molar-refractivity contribution in [1.29, 1.82) is 0 Å². The molecule has 0 fully saturated rings. The van der Waals surface area contributed by atoms with E-state index in [4.69, 9.17) is 11.6 Å². The highest BCUT2D eigenvalue weighted by Crippen LogP contribution is 2.10. The first kappa shape index (κ1) is 18.2. The molecule has 1 atom stereocenters. The predicted molar refractivity (Wildman–Crippen MR) is 84.6 cm³/mol. The van der Waals surface area contributed by atoms with E-state index in [-0.39, 0.29) is 0 Å². The molecule has 0 aromatic rings. The molecule has 0 rings (SSSR count). The molecular formula is C16H34ClN. The van der Waals surface area contributed by atoms with Gasteiger partial charge in [-0.25, -0.2) is 0 Å². The maximum atomic E-state index is 5.70. The Balaban J connectivity index is 2.98. The van der Waals surface area contributed by atoms with Crippen LogP contribution in [0.3, 0.4) is 0 Å². The quantitative estimate of drug-likeness (QED) is 0.325. The van der Waals surface area contributed by atoms with Crippen LogP contribution in [0.2, 0.25) is 0 Å². The Morgan fingerprint density at radius 3 is 1.83 bits per heavy atom. The normalized spacial score (nSPS) is 12.8. The summed E-state index contributed by atoms with van der Waals surface area (Å²) >= 11 is 5.70. The first-order valence-corrected chi connectivity index (χ1v) is 8.64. The summed E-state index contributed by atoms with van der Waals surface area (Å²) < 4.78 is 0. The van der Waals surface area contributed by atoms with E-state index in [0.717, 1.165) is 18.8 Å². The van der Waals surface area contributed by atoms with Gasteiger partial charge in [0.1, 0.15) is 0 Å². The number of halogens is 1. The largest absolute Gasteiger partial charge is 0.314 e. The van der Waals surface area contributed by atoms with Crippen molar-refractivity contribution in [2.24, 2.45) is 0 Å². The van der Waals surface area contributed by atoms with Crippen molar-refractivity contribution in [1.82, 2.24) is 5.32 Å². The highest BCUT2D eigenvalue weighted by atomic mass is 35.5. The maximum absolute atomic E-state index is 5.70. The Kier molecular flexibility index (Phi) is 15.5. The van der Waals surface area contributed by atoms with Gasteiger partial charge in [0.15, 0.2) is 0 Å². The molecule has 18 heavy (non-hydrogen) atoms. The van der Waals surface area contributed by atoms with Gasteiger partial charge in [0, 0.05) is 11.9 Å². The molecule has 0 heterocycles. The zero-order chi connectivity index (χ0) is 13.5. The number of rotatable bonds is 14. The molecular weight excluding hydrogens is 242 g/mol. The van der Waals surface area contributed by atoms with Gasteiger partial charge >= 0.3 is 0 Å². The van der Waals surface area contributed by atoms with Crippen LogP contribution in [0.4, 0.5) is 0 Å². The minimum absolute atomic E-state index is 0.584. The summed E-state index contributed by atoms with van der Waals surface area (Å²) in [6.07, 6.45) is 15.2. The van der Waals surface area contributed by atoms with E-state index in [1.165, 1.54) is 64.2 Å². The lowest BCUT2D eigenvalue weighted by molar-refractivity contribution is 0.501. The summed E-state index contributed by atoms with van der Waals surface area (Å²) in [7, 11) is 0. The highest BCUT2D eigenvalue weighted by molar-refractivity contribution is 6.17. The summed E-state index contributed by atoms with van der Waals surface area (Å²) in [4.78, 5) is 0. The molecule has 0 radical (unpaired) electrons. The van der Waals surface area contributed by atoms with Crippen LogP contribution in [0.15, 0.2) is 0 Å². The van der Waals surface area contributed by atoms with E-state index >= 15 is 0 Å². The van der Waals surface area contributed by atoms with E-state index in [0.29, 0.717) is 6.04 Å². The molecule has 0 saturated carbocycles. The SMILES string of the molecule is CCCCCCCCCCCCNC(C)CCCl. The Morgan fingerprint density at radius 1 is 0.833 bits per heavy atom. The van der Waals surface area contributed by atoms with Gasteiger partial charge in [0.2, 0.25) is 0 Å². The van der Waals surface area contributed by atoms with Gasteiger partial charge in [0.05, 0.1) is 0 Å². The fraction of sp³-hybridized carbons (Fsp3) is 1.00. The number of hydrogen-bond acceptors (Lipinski definition) is 1. The van der Waals surface area contributed by atoms with Crippen molar-refractivity contribution >= 4 is 11.6 Å². The molecule has 0 aromatic heterocycles. The lowest BCUT2D eigenvalue weighted by Gasteiger charge is -2.11. The minimum atomic E-state index is 0.584. The van der Waals surface area contributed by atoms with Crippen LogP contribution in [-0.4, -0.2) is 18.5 Å². The smallest absolute Gasteiger partial charge is 0.0238 e. The van der Waals surface area contributed by atoms with E-state index in [1.807, 2.05) is 0 Å². The second kappa shape index (κ2) is 15.3.